The van der Waals surface area contributed by atoms with Crippen LogP contribution in [0.1, 0.15) is 0 Å². The number of nitrogens with one attached hydrogen (secondary N) is 2. The molecule has 1 aromatic heterocycles. The number of sulfonamides is 1. The number of nitrogens with zero attached hydrogens (tertiary/aromatic N) is 5. The van der Waals surface area contributed by atoms with Gasteiger partial charge in [-0.05, 0) is 23.6 Å². The predicted molar refractivity (Wildman–Crippen MR) is 85.4 cm³/mol. The first-order chi connectivity index (χ1) is 10.9. The summed E-state index contributed by atoms with van der Waals surface area (Å²) in [7, 11) is -4.05. The van der Waals surface area contributed by atoms with Crippen LogP contribution in [0.3, 0.4) is 0 Å². The van der Waals surface area contributed by atoms with Gasteiger partial charge in [0, 0.05) is 0 Å². The molecule has 23 heavy (non-hydrogen) atoms. The Kier molecular flexibility index (Phi) is 5.16. The quantitative estimate of drug-likeness (QED) is 0.305. The fourth-order valence-corrected chi connectivity index (χ4v) is 3.02. The van der Waals surface area contributed by atoms with E-state index >= 15 is 0 Å². The van der Waals surface area contributed by atoms with Crippen LogP contribution < -0.4 is 10.5 Å². The molecule has 0 saturated carbocycles. The van der Waals surface area contributed by atoms with Crippen molar-refractivity contribution in [2.75, 3.05) is 6.26 Å². The maximum absolute atomic E-state index is 11.6. The second kappa shape index (κ2) is 6.92. The zero-order valence-electron chi connectivity index (χ0n) is 11.5. The van der Waals surface area contributed by atoms with Crippen LogP contribution in [-0.4, -0.2) is 40.5 Å². The zero-order valence-corrected chi connectivity index (χ0v) is 13.9. The van der Waals surface area contributed by atoms with E-state index in [-0.39, 0.29) is 32.2 Å². The Morgan fingerprint density at radius 2 is 2.30 bits per heavy atom. The van der Waals surface area contributed by atoms with Crippen molar-refractivity contribution in [3.63, 3.8) is 0 Å². The number of aliphatic imine (C=N–C) groups is 1. The summed E-state index contributed by atoms with van der Waals surface area (Å²) in [4.78, 5) is 3.92. The van der Waals surface area contributed by atoms with E-state index in [1.807, 2.05) is 0 Å². The minimum Gasteiger partial charge on any atom is -0.271 e. The van der Waals surface area contributed by atoms with Crippen LogP contribution in [0.4, 0.5) is 5.69 Å². The molecule has 1 aromatic carbocycles. The Balaban J connectivity index is 2.72. The molecular weight excluding hydrogens is 364 g/mol. The minimum atomic E-state index is -4.05. The molecule has 0 fully saturated rings. The molecule has 13 heteroatoms. The first-order valence-electron chi connectivity index (χ1n) is 5.74. The van der Waals surface area contributed by atoms with Gasteiger partial charge in [-0.1, -0.05) is 23.4 Å². The average Bonchev–Trinajstić information content (AvgIpc) is 2.99. The summed E-state index contributed by atoms with van der Waals surface area (Å²) in [5, 5.41) is 29.6. The fraction of sp³-hybridized carbons (Fsp3) is 0.100. The highest BCUT2D eigenvalue weighted by Crippen LogP contribution is 2.35. The molecule has 0 amide bonds. The highest BCUT2D eigenvalue weighted by molar-refractivity contribution is 8.13. The Bertz CT molecular complexity index is 888. The smallest absolute Gasteiger partial charge is 0.239 e. The van der Waals surface area contributed by atoms with Gasteiger partial charge in [0.15, 0.2) is 11.4 Å². The van der Waals surface area contributed by atoms with E-state index in [1.54, 1.807) is 12.4 Å². The second-order valence-electron chi connectivity index (χ2n) is 3.94. The Morgan fingerprint density at radius 1 is 1.57 bits per heavy atom. The zero-order chi connectivity index (χ0) is 17.0. The lowest BCUT2D eigenvalue weighted by molar-refractivity contribution is 0.598. The summed E-state index contributed by atoms with van der Waals surface area (Å²) in [5.74, 6) is 0.0997. The summed E-state index contributed by atoms with van der Waals surface area (Å²) >= 11 is 7.14. The normalized spacial score (nSPS) is 12.0. The molecule has 0 aliphatic carbocycles. The molecule has 0 atom stereocenters. The molecule has 4 N–H and O–H groups in total. The van der Waals surface area contributed by atoms with Crippen molar-refractivity contribution >= 4 is 44.2 Å². The summed E-state index contributed by atoms with van der Waals surface area (Å²) in [6.45, 7) is 0. The van der Waals surface area contributed by atoms with Crippen LogP contribution in [0.2, 0.25) is 5.02 Å². The van der Waals surface area contributed by atoms with Crippen LogP contribution in [0.25, 0.3) is 11.4 Å². The van der Waals surface area contributed by atoms with E-state index in [2.05, 4.69) is 30.9 Å². The minimum absolute atomic E-state index is 0.0997. The molecular formula is C10H9ClN8O2S2. The number of benzene rings is 1. The number of nitrogens with two attached hydrogens (primary N) is 1. The van der Waals surface area contributed by atoms with Crippen molar-refractivity contribution in [1.82, 2.24) is 25.9 Å². The SMILES string of the molecule is CSC(=Nc1cc(Cl)c(S(N)(=O)=O)cc1-c1nn[nH]n1)NC#N. The van der Waals surface area contributed by atoms with Gasteiger partial charge in [-0.3, -0.25) is 5.32 Å². The molecule has 10 nitrogen and oxygen atoms in total. The molecule has 120 valence electrons. The van der Waals surface area contributed by atoms with E-state index in [0.29, 0.717) is 0 Å². The van der Waals surface area contributed by atoms with Crippen LogP contribution in [0.15, 0.2) is 22.0 Å². The number of aromatic amines is 1. The number of thioether (sulfide) groups is 1. The molecule has 1 heterocycles. The molecule has 0 aliphatic rings. The van der Waals surface area contributed by atoms with Crippen molar-refractivity contribution in [3.8, 4) is 17.6 Å². The molecule has 0 aliphatic heterocycles. The van der Waals surface area contributed by atoms with Crippen LogP contribution >= 0.6 is 23.4 Å². The van der Waals surface area contributed by atoms with Crippen molar-refractivity contribution in [2.45, 2.75) is 4.90 Å². The number of aromatic nitrogens is 4. The lowest BCUT2D eigenvalue weighted by Gasteiger charge is -2.08. The maximum Gasteiger partial charge on any atom is 0.239 e. The first-order valence-corrected chi connectivity index (χ1v) is 8.89. The predicted octanol–water partition coefficient (Wildman–Crippen LogP) is 0.589. The Labute approximate surface area is 140 Å². The molecule has 2 rings (SSSR count). The van der Waals surface area contributed by atoms with Crippen molar-refractivity contribution in [2.24, 2.45) is 10.1 Å². The lowest BCUT2D eigenvalue weighted by atomic mass is 10.1. The number of halogens is 1. The average molecular weight is 373 g/mol. The van der Waals surface area contributed by atoms with Gasteiger partial charge in [-0.2, -0.15) is 10.5 Å². The van der Waals surface area contributed by atoms with E-state index in [0.717, 1.165) is 0 Å². The number of amidine groups is 1. The summed E-state index contributed by atoms with van der Waals surface area (Å²) in [5.41, 5.74) is 0.481. The largest absolute Gasteiger partial charge is 0.271 e. The molecule has 0 bridgehead atoms. The lowest BCUT2D eigenvalue weighted by Crippen LogP contribution is -2.14. The molecule has 2 aromatic rings. The van der Waals surface area contributed by atoms with Crippen LogP contribution in [-0.2, 0) is 10.0 Å². The number of H-pyrrole nitrogens is 1. The third-order valence-corrected chi connectivity index (χ3v) is 4.48. The van der Waals surface area contributed by atoms with Gasteiger partial charge in [-0.25, -0.2) is 18.5 Å². The molecule has 0 radical (unpaired) electrons. The second-order valence-corrected chi connectivity index (χ2v) is 6.67. The van der Waals surface area contributed by atoms with E-state index < -0.39 is 10.0 Å². The summed E-state index contributed by atoms with van der Waals surface area (Å²) in [6, 6.07) is 2.49. The summed E-state index contributed by atoms with van der Waals surface area (Å²) in [6.07, 6.45) is 3.45. The monoisotopic (exact) mass is 372 g/mol. The molecule has 0 spiro atoms. The van der Waals surface area contributed by atoms with Crippen LogP contribution in [0.5, 0.6) is 0 Å². The van der Waals surface area contributed by atoms with Gasteiger partial charge in [0.2, 0.25) is 15.8 Å². The number of nitriles is 1. The van der Waals surface area contributed by atoms with Gasteiger partial charge < -0.3 is 0 Å². The van der Waals surface area contributed by atoms with Crippen molar-refractivity contribution in [3.05, 3.63) is 17.2 Å². The van der Waals surface area contributed by atoms with E-state index in [9.17, 15) is 8.42 Å². The van der Waals surface area contributed by atoms with Gasteiger partial charge in [0.1, 0.15) is 4.90 Å². The fourth-order valence-electron chi connectivity index (χ4n) is 1.59. The van der Waals surface area contributed by atoms with Crippen molar-refractivity contribution < 1.29 is 8.42 Å². The van der Waals surface area contributed by atoms with Crippen molar-refractivity contribution in [1.29, 1.82) is 5.26 Å². The number of hydrogen-bond acceptors (Lipinski definition) is 8. The van der Waals surface area contributed by atoms with Gasteiger partial charge in [-0.15, -0.1) is 10.2 Å². The number of hydrogen-bond donors (Lipinski definition) is 3. The third kappa shape index (κ3) is 3.96. The number of rotatable bonds is 3. The first kappa shape index (κ1) is 17.2. The van der Waals surface area contributed by atoms with Gasteiger partial charge in [0.25, 0.3) is 0 Å². The highest BCUT2D eigenvalue weighted by atomic mass is 35.5. The molecule has 0 unspecified atom stereocenters. The topological polar surface area (TPSA) is 163 Å². The van der Waals surface area contributed by atoms with E-state index in [1.165, 1.54) is 23.9 Å². The highest BCUT2D eigenvalue weighted by Gasteiger charge is 2.20. The Morgan fingerprint density at radius 3 is 2.83 bits per heavy atom. The third-order valence-electron chi connectivity index (χ3n) is 2.52. The van der Waals surface area contributed by atoms with Gasteiger partial charge in [0.05, 0.1) is 16.3 Å². The van der Waals surface area contributed by atoms with Crippen LogP contribution in [0, 0.1) is 11.5 Å². The summed E-state index contributed by atoms with van der Waals surface area (Å²) < 4.78 is 23.2. The maximum atomic E-state index is 11.6. The Hall–Kier alpha value is -2.20. The number of tetrazole rings is 1. The van der Waals surface area contributed by atoms with E-state index in [4.69, 9.17) is 22.0 Å². The molecule has 0 saturated heterocycles. The standard InChI is InChI=1S/C10H9ClN8O2S2/c1-22-10(14-4-12)15-7-3-6(11)8(23(13,20)21)2-5(7)9-16-18-19-17-9/h2-3H,1H3,(H,14,15)(H2,13,20,21)(H,16,17,18,19). The van der Waals surface area contributed by atoms with Gasteiger partial charge >= 0.3 is 0 Å². The number of primary sulfonamides is 1.